The van der Waals surface area contributed by atoms with Gasteiger partial charge in [-0.3, -0.25) is 4.79 Å². The molecule has 0 saturated carbocycles. The van der Waals surface area contributed by atoms with Crippen LogP contribution in [0, 0.1) is 17.5 Å². The Hall–Kier alpha value is -4.16. The third kappa shape index (κ3) is 6.18. The number of nitrogens with zero attached hydrogens (tertiary/aromatic N) is 4. The van der Waals surface area contributed by atoms with Gasteiger partial charge in [0.15, 0.2) is 0 Å². The average molecular weight is 571 g/mol. The highest BCUT2D eigenvalue weighted by atomic mass is 32.2. The number of sulfonamides is 1. The Labute approximate surface area is 228 Å². The summed E-state index contributed by atoms with van der Waals surface area (Å²) in [5.74, 6) is -2.45. The van der Waals surface area contributed by atoms with E-state index in [4.69, 9.17) is 4.74 Å². The molecule has 0 aliphatic carbocycles. The first-order valence-corrected chi connectivity index (χ1v) is 14.0. The third-order valence-corrected chi connectivity index (χ3v) is 8.32. The molecule has 8 nitrogen and oxygen atoms in total. The Morgan fingerprint density at radius 3 is 2.10 bits per heavy atom. The van der Waals surface area contributed by atoms with E-state index in [1.807, 2.05) is 6.07 Å². The van der Waals surface area contributed by atoms with E-state index in [2.05, 4.69) is 5.10 Å². The fourth-order valence-electron chi connectivity index (χ4n) is 4.46. The number of hydrogen-bond acceptors (Lipinski definition) is 6. The molecule has 3 aromatic carbocycles. The van der Waals surface area contributed by atoms with Crippen molar-refractivity contribution >= 4 is 15.7 Å². The molecule has 0 amide bonds. The van der Waals surface area contributed by atoms with E-state index in [0.29, 0.717) is 22.9 Å². The zero-order valence-corrected chi connectivity index (χ0v) is 22.0. The first-order chi connectivity index (χ1) is 19.2. The van der Waals surface area contributed by atoms with Crippen molar-refractivity contribution in [2.45, 2.75) is 12.4 Å². The molecule has 0 unspecified atom stereocenters. The lowest BCUT2D eigenvalue weighted by atomic mass is 10.2. The summed E-state index contributed by atoms with van der Waals surface area (Å²) >= 11 is 0. The van der Waals surface area contributed by atoms with Crippen molar-refractivity contribution in [3.05, 3.63) is 118 Å². The number of hydrogen-bond donors (Lipinski definition) is 0. The van der Waals surface area contributed by atoms with Gasteiger partial charge in [0.05, 0.1) is 17.6 Å². The topological polar surface area (TPSA) is 84.7 Å². The van der Waals surface area contributed by atoms with Crippen LogP contribution in [0.3, 0.4) is 0 Å². The summed E-state index contributed by atoms with van der Waals surface area (Å²) in [5, 5.41) is 4.12. The molecule has 2 heterocycles. The van der Waals surface area contributed by atoms with Crippen LogP contribution in [-0.4, -0.2) is 48.7 Å². The maximum Gasteiger partial charge on any atom is 0.316 e. The van der Waals surface area contributed by atoms with E-state index < -0.39 is 33.0 Å². The first-order valence-electron chi connectivity index (χ1n) is 12.4. The highest BCUT2D eigenvalue weighted by Gasteiger charge is 2.29. The van der Waals surface area contributed by atoms with Crippen molar-refractivity contribution in [3.63, 3.8) is 0 Å². The predicted molar refractivity (Wildman–Crippen MR) is 143 cm³/mol. The van der Waals surface area contributed by atoms with E-state index in [9.17, 15) is 26.4 Å². The number of halogens is 3. The Morgan fingerprint density at radius 1 is 0.800 bits per heavy atom. The summed E-state index contributed by atoms with van der Waals surface area (Å²) in [6, 6.07) is 17.0. The summed E-state index contributed by atoms with van der Waals surface area (Å²) in [5.41, 5.74) is 0.688. The summed E-state index contributed by atoms with van der Waals surface area (Å²) in [6.45, 7) is 0.756. The van der Waals surface area contributed by atoms with Gasteiger partial charge in [-0.15, -0.1) is 0 Å². The van der Waals surface area contributed by atoms with Gasteiger partial charge in [0.25, 0.3) is 0 Å². The first kappa shape index (κ1) is 27.4. The fourth-order valence-corrected chi connectivity index (χ4v) is 5.97. The third-order valence-electron chi connectivity index (χ3n) is 6.47. The number of anilines is 1. The average Bonchev–Trinajstić information content (AvgIpc) is 2.93. The summed E-state index contributed by atoms with van der Waals surface area (Å²) in [7, 11) is -3.57. The molecular weight excluding hydrogens is 545 g/mol. The van der Waals surface area contributed by atoms with Gasteiger partial charge in [-0.1, -0.05) is 42.5 Å². The maximum absolute atomic E-state index is 13.9. The van der Waals surface area contributed by atoms with Crippen LogP contribution in [0.1, 0.15) is 11.1 Å². The molecule has 208 valence electrons. The second-order valence-electron chi connectivity index (χ2n) is 9.25. The summed E-state index contributed by atoms with van der Waals surface area (Å²) in [6.07, 6.45) is 1.35. The van der Waals surface area contributed by atoms with Gasteiger partial charge in [0, 0.05) is 32.2 Å². The van der Waals surface area contributed by atoms with Crippen molar-refractivity contribution in [1.29, 1.82) is 0 Å². The largest absolute Gasteiger partial charge is 0.481 e. The zero-order chi connectivity index (χ0) is 28.3. The van der Waals surface area contributed by atoms with E-state index >= 15 is 0 Å². The van der Waals surface area contributed by atoms with Crippen LogP contribution in [0.15, 0.2) is 83.8 Å². The zero-order valence-electron chi connectivity index (χ0n) is 21.2. The van der Waals surface area contributed by atoms with Gasteiger partial charge >= 0.3 is 5.56 Å². The molecule has 40 heavy (non-hydrogen) atoms. The van der Waals surface area contributed by atoms with E-state index in [1.54, 1.807) is 29.2 Å². The number of rotatable bonds is 8. The van der Waals surface area contributed by atoms with Gasteiger partial charge < -0.3 is 9.64 Å². The molecule has 0 radical (unpaired) electrons. The standard InChI is InChI=1S/C28H25F3N4O4S/c29-22-8-6-20(7-9-22)18-39-27-26(17-32-35(28(27)36)25-15-23(30)14-24(31)16-25)33-10-12-34(13-11-33)40(37,38)19-21-4-2-1-3-5-21/h1-9,14-17H,10-13,18-19H2. The van der Waals surface area contributed by atoms with Crippen LogP contribution in [0.4, 0.5) is 18.9 Å². The number of aromatic nitrogens is 2. The van der Waals surface area contributed by atoms with Crippen molar-refractivity contribution < 1.29 is 26.3 Å². The van der Waals surface area contributed by atoms with E-state index in [0.717, 1.165) is 16.8 Å². The Morgan fingerprint density at radius 2 is 1.45 bits per heavy atom. The van der Waals surface area contributed by atoms with Crippen LogP contribution < -0.4 is 15.2 Å². The minimum absolute atomic E-state index is 0.0878. The quantitative estimate of drug-likeness (QED) is 0.320. The minimum atomic E-state index is -3.57. The molecule has 12 heteroatoms. The molecule has 1 aromatic heterocycles. The SMILES string of the molecule is O=c1c(OCc2ccc(F)cc2)c(N2CCN(S(=O)(=O)Cc3ccccc3)CC2)cnn1-c1cc(F)cc(F)c1. The van der Waals surface area contributed by atoms with Crippen molar-refractivity contribution in [2.24, 2.45) is 0 Å². The normalized spacial score (nSPS) is 14.3. The molecular formula is C28H25F3N4O4S. The van der Waals surface area contributed by atoms with Gasteiger partial charge in [-0.05, 0) is 35.4 Å². The summed E-state index contributed by atoms with van der Waals surface area (Å²) in [4.78, 5) is 15.3. The van der Waals surface area contributed by atoms with E-state index in [-0.39, 0.29) is 50.0 Å². The maximum atomic E-state index is 13.9. The van der Waals surface area contributed by atoms with Gasteiger partial charge in [-0.2, -0.15) is 14.1 Å². The highest BCUT2D eigenvalue weighted by Crippen LogP contribution is 2.27. The number of ether oxygens (including phenoxy) is 1. The second-order valence-corrected chi connectivity index (χ2v) is 11.2. The monoisotopic (exact) mass is 570 g/mol. The van der Waals surface area contributed by atoms with Crippen molar-refractivity contribution in [3.8, 4) is 11.4 Å². The molecule has 0 N–H and O–H groups in total. The van der Waals surface area contributed by atoms with Crippen LogP contribution >= 0.6 is 0 Å². The van der Waals surface area contributed by atoms with Crippen molar-refractivity contribution in [2.75, 3.05) is 31.1 Å². The lowest BCUT2D eigenvalue weighted by Gasteiger charge is -2.35. The van der Waals surface area contributed by atoms with Crippen LogP contribution in [-0.2, 0) is 22.4 Å². The minimum Gasteiger partial charge on any atom is -0.481 e. The Kier molecular flexibility index (Phi) is 7.90. The summed E-state index contributed by atoms with van der Waals surface area (Å²) < 4.78 is 75.2. The van der Waals surface area contributed by atoms with Crippen LogP contribution in [0.5, 0.6) is 5.75 Å². The highest BCUT2D eigenvalue weighted by molar-refractivity contribution is 7.88. The van der Waals surface area contributed by atoms with Gasteiger partial charge in [-0.25, -0.2) is 21.6 Å². The van der Waals surface area contributed by atoms with Crippen LogP contribution in [0.2, 0.25) is 0 Å². The fraction of sp³-hybridized carbons (Fsp3) is 0.214. The van der Waals surface area contributed by atoms with Gasteiger partial charge in [0.1, 0.15) is 29.7 Å². The molecule has 1 saturated heterocycles. The lowest BCUT2D eigenvalue weighted by Crippen LogP contribution is -2.49. The Bertz CT molecular complexity index is 1640. The molecule has 4 aromatic rings. The smallest absolute Gasteiger partial charge is 0.316 e. The van der Waals surface area contributed by atoms with Crippen molar-refractivity contribution in [1.82, 2.24) is 14.1 Å². The number of piperazine rings is 1. The Balaban J connectivity index is 1.41. The molecule has 0 spiro atoms. The second kappa shape index (κ2) is 11.5. The molecule has 1 aliphatic heterocycles. The molecule has 1 fully saturated rings. The predicted octanol–water partition coefficient (Wildman–Crippen LogP) is 3.88. The molecule has 0 bridgehead atoms. The molecule has 5 rings (SSSR count). The lowest BCUT2D eigenvalue weighted by molar-refractivity contribution is 0.297. The van der Waals surface area contributed by atoms with E-state index in [1.165, 1.54) is 34.8 Å². The molecule has 0 atom stereocenters. The molecule has 1 aliphatic rings. The van der Waals surface area contributed by atoms with Crippen LogP contribution in [0.25, 0.3) is 5.69 Å². The van der Waals surface area contributed by atoms with Gasteiger partial charge in [0.2, 0.25) is 15.8 Å². The number of benzene rings is 3.